The molecule has 8 heteroatoms. The second kappa shape index (κ2) is 8.66. The van der Waals surface area contributed by atoms with Gasteiger partial charge >= 0.3 is 0 Å². The highest BCUT2D eigenvalue weighted by Crippen LogP contribution is 2.24. The van der Waals surface area contributed by atoms with Crippen molar-refractivity contribution < 1.29 is 0 Å². The molecule has 3 N–H and O–H groups in total. The Hall–Kier alpha value is -3.52. The zero-order valence-electron chi connectivity index (χ0n) is 16.3. The smallest absolute Gasteiger partial charge is 0.227 e. The summed E-state index contributed by atoms with van der Waals surface area (Å²) in [5, 5.41) is 17.4. The predicted molar refractivity (Wildman–Crippen MR) is 117 cm³/mol. The first kappa shape index (κ1) is 18.8. The van der Waals surface area contributed by atoms with Crippen molar-refractivity contribution in [1.82, 2.24) is 25.1 Å². The van der Waals surface area contributed by atoms with E-state index in [0.717, 1.165) is 48.8 Å². The van der Waals surface area contributed by atoms with Gasteiger partial charge in [0.1, 0.15) is 0 Å². The molecule has 0 aliphatic carbocycles. The molecule has 1 fully saturated rings. The molecule has 8 nitrogen and oxygen atoms in total. The van der Waals surface area contributed by atoms with E-state index in [9.17, 15) is 0 Å². The summed E-state index contributed by atoms with van der Waals surface area (Å²) in [6.45, 7) is 4.28. The Bertz CT molecular complexity index is 984. The van der Waals surface area contributed by atoms with Gasteiger partial charge in [0.05, 0.1) is 17.6 Å². The number of aromatic nitrogens is 4. The molecule has 0 unspecified atom stereocenters. The maximum Gasteiger partial charge on any atom is 0.227 e. The maximum atomic E-state index is 7.14. The Kier molecular flexibility index (Phi) is 5.62. The van der Waals surface area contributed by atoms with Crippen molar-refractivity contribution in [2.75, 3.05) is 43.4 Å². The number of likely N-dealkylation sites (N-methyl/N-ethyl adjacent to an activating group) is 1. The molecule has 0 bridgehead atoms. The lowest BCUT2D eigenvalue weighted by Gasteiger charge is -2.34. The van der Waals surface area contributed by atoms with Crippen LogP contribution in [0.2, 0.25) is 0 Å². The molecule has 1 aliphatic heterocycles. The van der Waals surface area contributed by atoms with Gasteiger partial charge in [0.2, 0.25) is 5.95 Å². The van der Waals surface area contributed by atoms with E-state index in [1.54, 1.807) is 24.5 Å². The summed E-state index contributed by atoms with van der Waals surface area (Å²) in [6.07, 6.45) is 8.10. The highest BCUT2D eigenvalue weighted by atomic mass is 15.2. The molecule has 1 aliphatic rings. The normalized spacial score (nSPS) is 15.0. The van der Waals surface area contributed by atoms with Crippen LogP contribution in [0.4, 0.5) is 17.3 Å². The Labute approximate surface area is 169 Å². The average Bonchev–Trinajstić information content (AvgIpc) is 3.22. The van der Waals surface area contributed by atoms with E-state index in [0.29, 0.717) is 5.95 Å². The summed E-state index contributed by atoms with van der Waals surface area (Å²) in [6, 6.07) is 10.2. The van der Waals surface area contributed by atoms with Gasteiger partial charge in [-0.1, -0.05) is 0 Å². The van der Waals surface area contributed by atoms with Crippen LogP contribution >= 0.6 is 0 Å². The van der Waals surface area contributed by atoms with Gasteiger partial charge in [-0.05, 0) is 49.5 Å². The number of hydrogen-bond acceptors (Lipinski definition) is 7. The number of rotatable bonds is 6. The number of benzene rings is 1. The molecule has 2 aromatic heterocycles. The second-order valence-electron chi connectivity index (χ2n) is 6.95. The van der Waals surface area contributed by atoms with Crippen LogP contribution in [0.25, 0.3) is 17.3 Å². The Morgan fingerprint density at radius 3 is 2.66 bits per heavy atom. The van der Waals surface area contributed by atoms with Crippen molar-refractivity contribution in [1.29, 1.82) is 5.41 Å². The minimum absolute atomic E-state index is 0.526. The molecule has 0 spiro atoms. The number of nitrogens with zero attached hydrogens (tertiary/aromatic N) is 5. The molecule has 3 aromatic rings. The number of allylic oxidation sites excluding steroid dienone is 1. The molecule has 3 heterocycles. The number of aromatic amines is 1. The molecule has 1 aromatic carbocycles. The van der Waals surface area contributed by atoms with Crippen LogP contribution in [0, 0.1) is 5.41 Å². The van der Waals surface area contributed by atoms with Crippen molar-refractivity contribution in [3.63, 3.8) is 0 Å². The Morgan fingerprint density at radius 1 is 1.10 bits per heavy atom. The summed E-state index contributed by atoms with van der Waals surface area (Å²) in [7, 11) is 2.16. The van der Waals surface area contributed by atoms with E-state index in [-0.39, 0.29) is 0 Å². The van der Waals surface area contributed by atoms with E-state index in [1.807, 2.05) is 6.07 Å². The largest absolute Gasteiger partial charge is 0.369 e. The number of H-pyrrole nitrogens is 1. The fraction of sp³-hybridized carbons (Fsp3) is 0.238. The van der Waals surface area contributed by atoms with Crippen LogP contribution in [0.1, 0.15) is 5.69 Å². The minimum atomic E-state index is 0.526. The van der Waals surface area contributed by atoms with Gasteiger partial charge in [0, 0.05) is 55.5 Å². The predicted octanol–water partition coefficient (Wildman–Crippen LogP) is 3.02. The van der Waals surface area contributed by atoms with Gasteiger partial charge in [-0.2, -0.15) is 5.10 Å². The van der Waals surface area contributed by atoms with Gasteiger partial charge in [-0.15, -0.1) is 0 Å². The van der Waals surface area contributed by atoms with Crippen LogP contribution in [0.5, 0.6) is 0 Å². The zero-order valence-corrected chi connectivity index (χ0v) is 16.3. The molecule has 0 atom stereocenters. The molecular formula is C21H24N8. The van der Waals surface area contributed by atoms with Gasteiger partial charge in [0.25, 0.3) is 0 Å². The SMILES string of the molecule is CN1CCN(c2ccc(Nc3nccc(-c4cn[nH]c4/C=C\C=N)n3)cc2)CC1. The van der Waals surface area contributed by atoms with E-state index < -0.39 is 0 Å². The Morgan fingerprint density at radius 2 is 1.90 bits per heavy atom. The number of anilines is 3. The van der Waals surface area contributed by atoms with Crippen LogP contribution in [-0.4, -0.2) is 64.5 Å². The molecule has 148 valence electrons. The van der Waals surface area contributed by atoms with Crippen LogP contribution in [-0.2, 0) is 0 Å². The topological polar surface area (TPSA) is 96.8 Å². The van der Waals surface area contributed by atoms with E-state index >= 15 is 0 Å². The van der Waals surface area contributed by atoms with E-state index in [1.165, 1.54) is 11.9 Å². The molecule has 4 rings (SSSR count). The van der Waals surface area contributed by atoms with Crippen molar-refractivity contribution >= 4 is 29.6 Å². The molecule has 0 amide bonds. The standard InChI is InChI=1S/C21H24N8/c1-28-11-13-29(14-12-28)17-6-4-16(5-7-17)25-21-23-10-8-19(26-21)18-15-24-27-20(18)3-2-9-22/h2-10,15,22H,11-14H2,1H3,(H,24,27)(H,23,25,26)/b3-2-,22-9?. The lowest BCUT2D eigenvalue weighted by Crippen LogP contribution is -2.44. The molecule has 1 saturated heterocycles. The lowest BCUT2D eigenvalue weighted by molar-refractivity contribution is 0.313. The first-order chi connectivity index (χ1) is 14.2. The monoisotopic (exact) mass is 388 g/mol. The second-order valence-corrected chi connectivity index (χ2v) is 6.95. The van der Waals surface area contributed by atoms with Crippen molar-refractivity contribution in [2.24, 2.45) is 0 Å². The molecule has 0 saturated carbocycles. The third-order valence-electron chi connectivity index (χ3n) is 4.95. The van der Waals surface area contributed by atoms with Gasteiger partial charge in [0.15, 0.2) is 0 Å². The highest BCUT2D eigenvalue weighted by molar-refractivity contribution is 5.79. The third-order valence-corrected chi connectivity index (χ3v) is 4.95. The summed E-state index contributed by atoms with van der Waals surface area (Å²) >= 11 is 0. The molecular weight excluding hydrogens is 364 g/mol. The summed E-state index contributed by atoms with van der Waals surface area (Å²) < 4.78 is 0. The fourth-order valence-corrected chi connectivity index (χ4v) is 3.29. The zero-order chi connectivity index (χ0) is 20.1. The van der Waals surface area contributed by atoms with Crippen molar-refractivity contribution in [3.8, 4) is 11.3 Å². The third kappa shape index (κ3) is 4.49. The quantitative estimate of drug-likeness (QED) is 0.562. The summed E-state index contributed by atoms with van der Waals surface area (Å²) in [5.74, 6) is 0.526. The fourth-order valence-electron chi connectivity index (χ4n) is 3.29. The average molecular weight is 388 g/mol. The van der Waals surface area contributed by atoms with Crippen molar-refractivity contribution in [2.45, 2.75) is 0 Å². The number of nitrogens with one attached hydrogen (secondary N) is 3. The van der Waals surface area contributed by atoms with E-state index in [4.69, 9.17) is 5.41 Å². The van der Waals surface area contributed by atoms with Crippen LogP contribution < -0.4 is 10.2 Å². The number of piperazine rings is 1. The molecule has 0 radical (unpaired) electrons. The lowest BCUT2D eigenvalue weighted by atomic mass is 10.1. The summed E-state index contributed by atoms with van der Waals surface area (Å²) in [5.41, 5.74) is 4.60. The first-order valence-corrected chi connectivity index (χ1v) is 9.57. The highest BCUT2D eigenvalue weighted by Gasteiger charge is 2.14. The van der Waals surface area contributed by atoms with E-state index in [2.05, 4.69) is 66.6 Å². The van der Waals surface area contributed by atoms with Gasteiger partial charge in [-0.3, -0.25) is 5.10 Å². The first-order valence-electron chi connectivity index (χ1n) is 9.57. The Balaban J connectivity index is 1.48. The summed E-state index contributed by atoms with van der Waals surface area (Å²) in [4.78, 5) is 13.7. The van der Waals surface area contributed by atoms with Gasteiger partial charge in [-0.25, -0.2) is 9.97 Å². The van der Waals surface area contributed by atoms with Crippen LogP contribution in [0.15, 0.2) is 48.8 Å². The van der Waals surface area contributed by atoms with Gasteiger partial charge < -0.3 is 20.5 Å². The van der Waals surface area contributed by atoms with Crippen molar-refractivity contribution in [3.05, 3.63) is 54.5 Å². The molecule has 29 heavy (non-hydrogen) atoms. The maximum absolute atomic E-state index is 7.14. The minimum Gasteiger partial charge on any atom is -0.369 e. The number of hydrogen-bond donors (Lipinski definition) is 3. The van der Waals surface area contributed by atoms with Crippen LogP contribution in [0.3, 0.4) is 0 Å².